The van der Waals surface area contributed by atoms with Crippen LogP contribution in [-0.2, 0) is 4.74 Å². The number of H-pyrrole nitrogens is 1. The van der Waals surface area contributed by atoms with E-state index in [1.165, 1.54) is 6.92 Å². The maximum Gasteiger partial charge on any atom is 0.344 e. The number of ether oxygens (including phenoxy) is 1. The van der Waals surface area contributed by atoms with Gasteiger partial charge in [-0.05, 0) is 6.92 Å². The molecule has 0 spiro atoms. The molecule has 0 fully saturated rings. The fourth-order valence-corrected chi connectivity index (χ4v) is 1.37. The summed E-state index contributed by atoms with van der Waals surface area (Å²) in [6, 6.07) is 0. The molecule has 0 radical (unpaired) electrons. The first-order valence-corrected chi connectivity index (χ1v) is 4.73. The monoisotopic (exact) mass is 251 g/mol. The number of hydrogen-bond acceptors (Lipinski definition) is 3. The molecule has 0 atom stereocenters. The lowest BCUT2D eigenvalue weighted by atomic mass is 10.1. The number of aromatic amines is 1. The summed E-state index contributed by atoms with van der Waals surface area (Å²) in [5, 5.41) is -0.377. The Balaban J connectivity index is 3.40. The number of carbonyl (C=O) groups excluding carboxylic acids is 1. The summed E-state index contributed by atoms with van der Waals surface area (Å²) in [6.45, 7) is 1.48. The van der Waals surface area contributed by atoms with Gasteiger partial charge in [0.1, 0.15) is 5.56 Å². The molecule has 4 nitrogen and oxygen atoms in total. The van der Waals surface area contributed by atoms with Crippen LogP contribution >= 0.6 is 11.6 Å². The van der Waals surface area contributed by atoms with E-state index in [4.69, 9.17) is 11.6 Å². The SMILES string of the molecule is CCOC(=O)c1c(C(F)F)c(Cl)c[nH]c1=O. The molecule has 0 unspecified atom stereocenters. The minimum absolute atomic E-state index is 0.0204. The van der Waals surface area contributed by atoms with Crippen LogP contribution in [0.4, 0.5) is 8.78 Å². The van der Waals surface area contributed by atoms with E-state index in [-0.39, 0.29) is 11.6 Å². The summed E-state index contributed by atoms with van der Waals surface area (Å²) in [6.07, 6.45) is -2.11. The molecule has 16 heavy (non-hydrogen) atoms. The van der Waals surface area contributed by atoms with E-state index < -0.39 is 29.1 Å². The summed E-state index contributed by atoms with van der Waals surface area (Å²) in [4.78, 5) is 24.7. The lowest BCUT2D eigenvalue weighted by molar-refractivity contribution is 0.0513. The second kappa shape index (κ2) is 5.07. The summed E-state index contributed by atoms with van der Waals surface area (Å²) in [5.74, 6) is -1.11. The molecule has 1 aromatic heterocycles. The quantitative estimate of drug-likeness (QED) is 0.838. The molecule has 0 bridgehead atoms. The van der Waals surface area contributed by atoms with Gasteiger partial charge in [-0.1, -0.05) is 11.6 Å². The van der Waals surface area contributed by atoms with Crippen LogP contribution in [-0.4, -0.2) is 17.6 Å². The summed E-state index contributed by atoms with van der Waals surface area (Å²) in [7, 11) is 0. The van der Waals surface area contributed by atoms with Crippen LogP contribution in [0, 0.1) is 0 Å². The fraction of sp³-hybridized carbons (Fsp3) is 0.333. The summed E-state index contributed by atoms with van der Waals surface area (Å²) in [5.41, 5.74) is -2.49. The average Bonchev–Trinajstić information content (AvgIpc) is 2.20. The van der Waals surface area contributed by atoms with E-state index >= 15 is 0 Å². The smallest absolute Gasteiger partial charge is 0.344 e. The number of aromatic nitrogens is 1. The number of nitrogens with one attached hydrogen (secondary N) is 1. The summed E-state index contributed by atoms with van der Waals surface area (Å²) < 4.78 is 29.8. The molecule has 0 amide bonds. The van der Waals surface area contributed by atoms with Gasteiger partial charge >= 0.3 is 5.97 Å². The Labute approximate surface area is 94.2 Å². The molecule has 0 aliphatic heterocycles. The molecule has 0 aliphatic carbocycles. The number of esters is 1. The van der Waals surface area contributed by atoms with Crippen LogP contribution in [0.25, 0.3) is 0 Å². The van der Waals surface area contributed by atoms with Crippen molar-refractivity contribution in [3.63, 3.8) is 0 Å². The van der Waals surface area contributed by atoms with Crippen LogP contribution in [0.2, 0.25) is 5.02 Å². The van der Waals surface area contributed by atoms with Gasteiger partial charge in [0, 0.05) is 6.20 Å². The Morgan fingerprint density at radius 1 is 1.62 bits per heavy atom. The van der Waals surface area contributed by atoms with E-state index in [9.17, 15) is 18.4 Å². The number of hydrogen-bond donors (Lipinski definition) is 1. The molecule has 1 rings (SSSR count). The zero-order chi connectivity index (χ0) is 12.3. The predicted octanol–water partition coefficient (Wildman–Crippen LogP) is 2.14. The first kappa shape index (κ1) is 12.6. The molecule has 1 N–H and O–H groups in total. The van der Waals surface area contributed by atoms with Gasteiger partial charge in [-0.25, -0.2) is 13.6 Å². The van der Waals surface area contributed by atoms with Gasteiger partial charge in [-0.15, -0.1) is 0 Å². The second-order valence-corrected chi connectivity index (χ2v) is 3.18. The van der Waals surface area contributed by atoms with Crippen LogP contribution in [0.3, 0.4) is 0 Å². The van der Waals surface area contributed by atoms with Crippen LogP contribution < -0.4 is 5.56 Å². The van der Waals surface area contributed by atoms with Gasteiger partial charge < -0.3 is 9.72 Å². The first-order valence-electron chi connectivity index (χ1n) is 4.35. The van der Waals surface area contributed by atoms with Gasteiger partial charge in [0.25, 0.3) is 12.0 Å². The fourth-order valence-electron chi connectivity index (χ4n) is 1.14. The van der Waals surface area contributed by atoms with Crippen molar-refractivity contribution in [2.45, 2.75) is 13.3 Å². The van der Waals surface area contributed by atoms with E-state index in [0.717, 1.165) is 6.20 Å². The molecule has 88 valence electrons. The van der Waals surface area contributed by atoms with Crippen molar-refractivity contribution in [3.8, 4) is 0 Å². The van der Waals surface area contributed by atoms with E-state index in [2.05, 4.69) is 9.72 Å². The normalized spacial score (nSPS) is 10.6. The number of pyridine rings is 1. The van der Waals surface area contributed by atoms with Crippen molar-refractivity contribution in [3.05, 3.63) is 32.7 Å². The van der Waals surface area contributed by atoms with Gasteiger partial charge in [-0.3, -0.25) is 4.79 Å². The van der Waals surface area contributed by atoms with Crippen LogP contribution in [0.5, 0.6) is 0 Å². The van der Waals surface area contributed by atoms with E-state index in [1.807, 2.05) is 0 Å². The molecule has 0 saturated carbocycles. The Morgan fingerprint density at radius 2 is 2.25 bits per heavy atom. The van der Waals surface area contributed by atoms with Crippen LogP contribution in [0.1, 0.15) is 29.3 Å². The number of rotatable bonds is 3. The topological polar surface area (TPSA) is 59.2 Å². The highest BCUT2D eigenvalue weighted by molar-refractivity contribution is 6.31. The largest absolute Gasteiger partial charge is 0.462 e. The molecule has 1 aromatic rings. The van der Waals surface area contributed by atoms with Gasteiger partial charge in [0.2, 0.25) is 0 Å². The van der Waals surface area contributed by atoms with Crippen molar-refractivity contribution in [1.82, 2.24) is 4.98 Å². The van der Waals surface area contributed by atoms with Crippen molar-refractivity contribution >= 4 is 17.6 Å². The third-order valence-electron chi connectivity index (χ3n) is 1.78. The number of alkyl halides is 2. The van der Waals surface area contributed by atoms with Crippen molar-refractivity contribution in [1.29, 1.82) is 0 Å². The zero-order valence-electron chi connectivity index (χ0n) is 8.22. The highest BCUT2D eigenvalue weighted by Gasteiger charge is 2.25. The molecular formula is C9H8ClF2NO3. The summed E-state index contributed by atoms with van der Waals surface area (Å²) >= 11 is 5.48. The van der Waals surface area contributed by atoms with Crippen molar-refractivity contribution in [2.75, 3.05) is 6.61 Å². The van der Waals surface area contributed by atoms with Crippen molar-refractivity contribution in [2.24, 2.45) is 0 Å². The first-order chi connectivity index (χ1) is 7.49. The van der Waals surface area contributed by atoms with Crippen LogP contribution in [0.15, 0.2) is 11.0 Å². The molecule has 0 saturated heterocycles. The van der Waals surface area contributed by atoms with Crippen molar-refractivity contribution < 1.29 is 18.3 Å². The lowest BCUT2D eigenvalue weighted by Crippen LogP contribution is -2.22. The predicted molar refractivity (Wildman–Crippen MR) is 53.0 cm³/mol. The molecular weight excluding hydrogens is 244 g/mol. The highest BCUT2D eigenvalue weighted by Crippen LogP contribution is 2.28. The standard InChI is InChI=1S/C9H8ClF2NO3/c1-2-16-9(15)6-5(7(11)12)4(10)3-13-8(6)14/h3,7H,2H2,1H3,(H,13,14). The Morgan fingerprint density at radius 3 is 2.75 bits per heavy atom. The number of carbonyl (C=O) groups is 1. The zero-order valence-corrected chi connectivity index (χ0v) is 8.98. The molecule has 1 heterocycles. The van der Waals surface area contributed by atoms with Gasteiger partial charge in [-0.2, -0.15) is 0 Å². The maximum atomic E-state index is 12.6. The third kappa shape index (κ3) is 2.38. The van der Waals surface area contributed by atoms with E-state index in [1.54, 1.807) is 0 Å². The third-order valence-corrected chi connectivity index (χ3v) is 2.09. The Hall–Kier alpha value is -1.43. The average molecular weight is 252 g/mol. The second-order valence-electron chi connectivity index (χ2n) is 2.78. The molecule has 0 aromatic carbocycles. The number of halogens is 3. The molecule has 7 heteroatoms. The Kier molecular flexibility index (Phi) is 4.00. The minimum Gasteiger partial charge on any atom is -0.462 e. The van der Waals surface area contributed by atoms with Gasteiger partial charge in [0.05, 0.1) is 17.2 Å². The minimum atomic E-state index is -3.02. The Bertz CT molecular complexity index is 459. The highest BCUT2D eigenvalue weighted by atomic mass is 35.5. The van der Waals surface area contributed by atoms with E-state index in [0.29, 0.717) is 0 Å². The van der Waals surface area contributed by atoms with Gasteiger partial charge in [0.15, 0.2) is 0 Å². The lowest BCUT2D eigenvalue weighted by Gasteiger charge is -2.08. The molecule has 0 aliphatic rings. The maximum absolute atomic E-state index is 12.6.